The van der Waals surface area contributed by atoms with E-state index in [-0.39, 0.29) is 13.0 Å². The van der Waals surface area contributed by atoms with Crippen molar-refractivity contribution in [1.29, 1.82) is 0 Å². The van der Waals surface area contributed by atoms with E-state index in [9.17, 15) is 25.2 Å². The summed E-state index contributed by atoms with van der Waals surface area (Å²) in [6.45, 7) is 4.94. The maximum Gasteiger partial charge on any atom is 0.306 e. The number of carbonyl (C=O) groups is 1. The van der Waals surface area contributed by atoms with Gasteiger partial charge in [-0.05, 0) is 20.3 Å². The predicted molar refractivity (Wildman–Crippen MR) is 103 cm³/mol. The Bertz CT molecular complexity index is 528. The molecule has 0 bridgehead atoms. The van der Waals surface area contributed by atoms with Crippen molar-refractivity contribution in [3.05, 3.63) is 0 Å². The van der Waals surface area contributed by atoms with Crippen LogP contribution in [0, 0.1) is 0 Å². The minimum Gasteiger partial charge on any atom is -0.454 e. The molecule has 30 heavy (non-hydrogen) atoms. The molecule has 2 fully saturated rings. The Balaban J connectivity index is 1.97. The van der Waals surface area contributed by atoms with E-state index in [2.05, 4.69) is 6.92 Å². The van der Waals surface area contributed by atoms with Crippen molar-refractivity contribution in [2.75, 3.05) is 13.2 Å². The van der Waals surface area contributed by atoms with Crippen LogP contribution in [0.15, 0.2) is 0 Å². The van der Waals surface area contributed by atoms with E-state index in [0.29, 0.717) is 6.42 Å². The van der Waals surface area contributed by atoms with Crippen molar-refractivity contribution < 1.29 is 48.9 Å². The lowest BCUT2D eigenvalue weighted by molar-refractivity contribution is -0.344. The molecule has 0 aromatic heterocycles. The molecule has 2 aliphatic rings. The van der Waals surface area contributed by atoms with Crippen LogP contribution in [0.1, 0.15) is 59.3 Å². The molecule has 0 saturated carbocycles. The van der Waals surface area contributed by atoms with Gasteiger partial charge in [-0.15, -0.1) is 0 Å². The molecular weight excluding hydrogens is 400 g/mol. The Kier molecular flexibility index (Phi) is 9.89. The van der Waals surface area contributed by atoms with Crippen molar-refractivity contribution in [3.8, 4) is 0 Å². The van der Waals surface area contributed by atoms with E-state index in [4.69, 9.17) is 23.7 Å². The summed E-state index contributed by atoms with van der Waals surface area (Å²) in [4.78, 5) is 12.2. The fraction of sp³-hybridized carbons (Fsp3) is 0.950. The van der Waals surface area contributed by atoms with Crippen LogP contribution in [-0.4, -0.2) is 88.5 Å². The zero-order chi connectivity index (χ0) is 22.3. The van der Waals surface area contributed by atoms with E-state index in [0.717, 1.165) is 25.7 Å². The molecule has 0 spiro atoms. The third kappa shape index (κ3) is 7.10. The predicted octanol–water partition coefficient (Wildman–Crippen LogP) is 0.184. The number of aliphatic hydroxyl groups excluding tert-OH is 4. The van der Waals surface area contributed by atoms with Crippen LogP contribution < -0.4 is 0 Å². The molecule has 10 heteroatoms. The summed E-state index contributed by atoms with van der Waals surface area (Å²) >= 11 is 0. The second-order valence-electron chi connectivity index (χ2n) is 8.22. The van der Waals surface area contributed by atoms with Crippen molar-refractivity contribution >= 4 is 5.97 Å². The van der Waals surface area contributed by atoms with Crippen LogP contribution in [0.4, 0.5) is 0 Å². The number of unbranched alkanes of at least 4 members (excludes halogenated alkanes) is 4. The lowest BCUT2D eigenvalue weighted by Crippen LogP contribution is -2.61. The Morgan fingerprint density at radius 1 is 1.17 bits per heavy atom. The maximum atomic E-state index is 12.2. The quantitative estimate of drug-likeness (QED) is 0.201. The van der Waals surface area contributed by atoms with Gasteiger partial charge in [-0.25, -0.2) is 0 Å². The number of esters is 1. The summed E-state index contributed by atoms with van der Waals surface area (Å²) < 4.78 is 27.2. The van der Waals surface area contributed by atoms with E-state index in [1.54, 1.807) is 13.8 Å². The molecule has 0 aliphatic carbocycles. The van der Waals surface area contributed by atoms with Gasteiger partial charge in [0.25, 0.3) is 0 Å². The van der Waals surface area contributed by atoms with Gasteiger partial charge in [-0.1, -0.05) is 32.6 Å². The molecule has 0 aromatic rings. The first kappa shape index (κ1) is 25.4. The molecule has 2 rings (SSSR count). The Labute approximate surface area is 177 Å². The lowest BCUT2D eigenvalue weighted by Gasteiger charge is -2.42. The van der Waals surface area contributed by atoms with Gasteiger partial charge in [0.15, 0.2) is 18.2 Å². The van der Waals surface area contributed by atoms with Gasteiger partial charge in [-0.2, -0.15) is 0 Å². The molecule has 0 aromatic carbocycles. The third-order valence-electron chi connectivity index (χ3n) is 5.20. The first-order chi connectivity index (χ1) is 14.2. The van der Waals surface area contributed by atoms with Gasteiger partial charge in [0, 0.05) is 6.42 Å². The molecule has 2 unspecified atom stereocenters. The molecule has 4 N–H and O–H groups in total. The molecule has 2 heterocycles. The molecule has 0 radical (unpaired) electrons. The van der Waals surface area contributed by atoms with E-state index >= 15 is 0 Å². The SMILES string of the molecule is CCCCCCCC(=O)O[C@@H]1[C@H](OC(O)C2COC(C)(C)O2)O[C@H](CO)[C@@H](O)[C@@H]1O. The summed E-state index contributed by atoms with van der Waals surface area (Å²) in [6.07, 6.45) is -4.46. The van der Waals surface area contributed by atoms with Crippen molar-refractivity contribution in [2.24, 2.45) is 0 Å². The highest BCUT2D eigenvalue weighted by molar-refractivity contribution is 5.69. The highest BCUT2D eigenvalue weighted by atomic mass is 16.8. The van der Waals surface area contributed by atoms with Gasteiger partial charge < -0.3 is 44.1 Å². The number of aliphatic hydroxyl groups is 4. The molecule has 176 valence electrons. The van der Waals surface area contributed by atoms with Gasteiger partial charge >= 0.3 is 5.97 Å². The van der Waals surface area contributed by atoms with Gasteiger partial charge in [0.1, 0.15) is 24.4 Å². The van der Waals surface area contributed by atoms with Crippen molar-refractivity contribution in [2.45, 2.75) is 108 Å². The van der Waals surface area contributed by atoms with Gasteiger partial charge in [-0.3, -0.25) is 4.79 Å². The van der Waals surface area contributed by atoms with Gasteiger partial charge in [0.2, 0.25) is 6.29 Å². The third-order valence-corrected chi connectivity index (χ3v) is 5.20. The fourth-order valence-corrected chi connectivity index (χ4v) is 3.46. The second kappa shape index (κ2) is 11.7. The molecule has 2 saturated heterocycles. The standard InChI is InChI=1S/C20H36O10/c1-4-5-6-7-8-9-14(22)28-17-16(24)15(23)12(10-21)27-19(17)29-18(25)13-11-26-20(2,3)30-13/h12-13,15-19,21,23-25H,4-11H2,1-3H3/t12-,13?,15-,16+,17+,18?,19+/m1/s1. The number of hydrogen-bond donors (Lipinski definition) is 4. The highest BCUT2D eigenvalue weighted by Gasteiger charge is 2.49. The summed E-state index contributed by atoms with van der Waals surface area (Å²) in [5.41, 5.74) is 0. The summed E-state index contributed by atoms with van der Waals surface area (Å²) in [5, 5.41) is 40.3. The lowest BCUT2D eigenvalue weighted by atomic mass is 9.99. The fourth-order valence-electron chi connectivity index (χ4n) is 3.46. The number of carbonyl (C=O) groups excluding carboxylic acids is 1. The average molecular weight is 436 g/mol. The average Bonchev–Trinajstić information content (AvgIpc) is 3.07. The zero-order valence-electron chi connectivity index (χ0n) is 17.9. The van der Waals surface area contributed by atoms with Crippen LogP contribution in [0.5, 0.6) is 0 Å². The summed E-state index contributed by atoms with van der Waals surface area (Å²) in [5.74, 6) is -1.46. The van der Waals surface area contributed by atoms with Crippen LogP contribution in [0.25, 0.3) is 0 Å². The smallest absolute Gasteiger partial charge is 0.306 e. The Hall–Kier alpha value is -0.850. The van der Waals surface area contributed by atoms with E-state index in [1.165, 1.54) is 0 Å². The largest absolute Gasteiger partial charge is 0.454 e. The minimum atomic E-state index is -1.56. The normalized spacial score (nSPS) is 34.6. The maximum absolute atomic E-state index is 12.2. The van der Waals surface area contributed by atoms with Crippen LogP contribution >= 0.6 is 0 Å². The van der Waals surface area contributed by atoms with Crippen molar-refractivity contribution in [1.82, 2.24) is 0 Å². The number of rotatable bonds is 11. The minimum absolute atomic E-state index is 0.0672. The number of hydrogen-bond acceptors (Lipinski definition) is 10. The Morgan fingerprint density at radius 2 is 1.87 bits per heavy atom. The highest BCUT2D eigenvalue weighted by Crippen LogP contribution is 2.29. The first-order valence-electron chi connectivity index (χ1n) is 10.7. The second-order valence-corrected chi connectivity index (χ2v) is 8.22. The van der Waals surface area contributed by atoms with Crippen LogP contribution in [-0.2, 0) is 28.5 Å². The summed E-state index contributed by atoms with van der Waals surface area (Å²) in [7, 11) is 0. The van der Waals surface area contributed by atoms with Crippen molar-refractivity contribution in [3.63, 3.8) is 0 Å². The molecule has 7 atom stereocenters. The molecule has 10 nitrogen and oxygen atoms in total. The van der Waals surface area contributed by atoms with Gasteiger partial charge in [0.05, 0.1) is 13.2 Å². The van der Waals surface area contributed by atoms with Crippen LogP contribution in [0.2, 0.25) is 0 Å². The molecule has 2 aliphatic heterocycles. The molecular formula is C20H36O10. The molecule has 0 amide bonds. The first-order valence-corrected chi connectivity index (χ1v) is 10.7. The van der Waals surface area contributed by atoms with E-state index in [1.807, 2.05) is 0 Å². The van der Waals surface area contributed by atoms with E-state index < -0.39 is 61.5 Å². The topological polar surface area (TPSA) is 144 Å². The monoisotopic (exact) mass is 436 g/mol. The summed E-state index contributed by atoms with van der Waals surface area (Å²) in [6, 6.07) is 0. The van der Waals surface area contributed by atoms with Crippen LogP contribution in [0.3, 0.4) is 0 Å². The Morgan fingerprint density at radius 3 is 2.47 bits per heavy atom. The zero-order valence-corrected chi connectivity index (χ0v) is 17.9. The number of ether oxygens (including phenoxy) is 5.